The van der Waals surface area contributed by atoms with Gasteiger partial charge in [-0.05, 0) is 111 Å². The summed E-state index contributed by atoms with van der Waals surface area (Å²) in [5.74, 6) is -0.887. The number of aromatic nitrogens is 5. The molecule has 10 nitrogen and oxygen atoms in total. The summed E-state index contributed by atoms with van der Waals surface area (Å²) in [5, 5.41) is 6.77. The van der Waals surface area contributed by atoms with Gasteiger partial charge < -0.3 is 15.6 Å². The number of likely N-dealkylation sites (tertiary alicyclic amines) is 1. The molecule has 4 aromatic heterocycles. The maximum atomic E-state index is 13.6. The summed E-state index contributed by atoms with van der Waals surface area (Å²) in [5.41, 5.74) is 9.30. The standard InChI is InChI=1S/C41H41FN8O2/c1-25-7-5-17-43-36(25)34-9-4-10-35(37-26(2)8-6-18-44-37)50(34)20-19-45-41(52)33-22-32-38(47-24-48-39(32)49-33)29-11-12-30(27(3)21-29)23-46-40(51)28-13-15-31(42)16-14-28/h5-8,11-18,21-22,24,34-35H,4,9-10,19-20,23H2,1-3H3,(H,45,52)(H,46,51)(H,47,48,49)/t34-,35+. The highest BCUT2D eigenvalue weighted by atomic mass is 19.1. The van der Waals surface area contributed by atoms with E-state index in [0.717, 1.165) is 63.9 Å². The number of aryl methyl sites for hydroxylation is 3. The van der Waals surface area contributed by atoms with Crippen LogP contribution in [0.1, 0.15) is 85.8 Å². The fourth-order valence-corrected chi connectivity index (χ4v) is 7.25. The number of carbonyl (C=O) groups is 2. The molecule has 1 saturated heterocycles. The minimum Gasteiger partial charge on any atom is -0.349 e. The fraction of sp³-hybridized carbons (Fsp3) is 0.268. The average Bonchev–Trinajstić information content (AvgIpc) is 3.60. The van der Waals surface area contributed by atoms with Crippen LogP contribution in [0.3, 0.4) is 0 Å². The van der Waals surface area contributed by atoms with Gasteiger partial charge in [-0.1, -0.05) is 24.3 Å². The lowest BCUT2D eigenvalue weighted by atomic mass is 9.89. The number of hydrogen-bond acceptors (Lipinski definition) is 7. The van der Waals surface area contributed by atoms with Gasteiger partial charge in [-0.3, -0.25) is 24.5 Å². The van der Waals surface area contributed by atoms with Crippen LogP contribution in [0.5, 0.6) is 0 Å². The van der Waals surface area contributed by atoms with E-state index in [-0.39, 0.29) is 29.7 Å². The molecular weight excluding hydrogens is 656 g/mol. The van der Waals surface area contributed by atoms with Crippen molar-refractivity contribution >= 4 is 22.8 Å². The Balaban J connectivity index is 1.05. The topological polar surface area (TPSA) is 129 Å². The molecule has 1 fully saturated rings. The first kappa shape index (κ1) is 34.6. The molecule has 7 rings (SSSR count). The highest BCUT2D eigenvalue weighted by molar-refractivity contribution is 6.00. The monoisotopic (exact) mass is 696 g/mol. The summed E-state index contributed by atoms with van der Waals surface area (Å²) in [7, 11) is 0. The van der Waals surface area contributed by atoms with Gasteiger partial charge in [0, 0.05) is 48.5 Å². The maximum absolute atomic E-state index is 13.6. The number of hydrogen-bond donors (Lipinski definition) is 3. The van der Waals surface area contributed by atoms with Crippen molar-refractivity contribution in [3.05, 3.63) is 142 Å². The summed E-state index contributed by atoms with van der Waals surface area (Å²) < 4.78 is 13.3. The van der Waals surface area contributed by atoms with E-state index in [9.17, 15) is 14.0 Å². The summed E-state index contributed by atoms with van der Waals surface area (Å²) in [6, 6.07) is 21.5. The number of rotatable bonds is 10. The van der Waals surface area contributed by atoms with E-state index in [1.165, 1.54) is 30.6 Å². The molecule has 5 heterocycles. The predicted molar refractivity (Wildman–Crippen MR) is 198 cm³/mol. The minimum atomic E-state index is -0.389. The second-order valence-electron chi connectivity index (χ2n) is 13.4. The molecule has 0 saturated carbocycles. The van der Waals surface area contributed by atoms with Crippen LogP contribution in [0.15, 0.2) is 91.5 Å². The van der Waals surface area contributed by atoms with Crippen LogP contribution in [0.2, 0.25) is 0 Å². The van der Waals surface area contributed by atoms with Crippen molar-refractivity contribution < 1.29 is 14.0 Å². The van der Waals surface area contributed by atoms with Crippen molar-refractivity contribution in [2.45, 2.75) is 58.7 Å². The third kappa shape index (κ3) is 7.31. The Morgan fingerprint density at radius 2 is 1.50 bits per heavy atom. The van der Waals surface area contributed by atoms with Gasteiger partial charge in [-0.2, -0.15) is 0 Å². The van der Waals surface area contributed by atoms with Crippen molar-refractivity contribution in [2.24, 2.45) is 0 Å². The number of aromatic amines is 1. The first-order valence-corrected chi connectivity index (χ1v) is 17.6. The molecule has 52 heavy (non-hydrogen) atoms. The number of carbonyl (C=O) groups excluding carboxylic acids is 2. The Morgan fingerprint density at radius 3 is 2.15 bits per heavy atom. The van der Waals surface area contributed by atoms with Crippen molar-refractivity contribution in [1.29, 1.82) is 0 Å². The van der Waals surface area contributed by atoms with E-state index in [2.05, 4.69) is 56.5 Å². The molecule has 2 amide bonds. The number of fused-ring (bicyclic) bond motifs is 1. The number of piperidine rings is 1. The molecule has 0 spiro atoms. The van der Waals surface area contributed by atoms with Crippen LogP contribution in [0.25, 0.3) is 22.3 Å². The van der Waals surface area contributed by atoms with Crippen LogP contribution in [0, 0.1) is 26.6 Å². The van der Waals surface area contributed by atoms with E-state index in [0.29, 0.717) is 42.2 Å². The zero-order valence-electron chi connectivity index (χ0n) is 29.5. The molecule has 3 N–H and O–H groups in total. The second kappa shape index (κ2) is 15.2. The predicted octanol–water partition coefficient (Wildman–Crippen LogP) is 7.11. The lowest BCUT2D eigenvalue weighted by molar-refractivity contribution is 0.0737. The summed E-state index contributed by atoms with van der Waals surface area (Å²) in [4.78, 5) is 50.4. The Labute approximate surface area is 302 Å². The molecule has 2 aromatic carbocycles. The molecular formula is C41H41FN8O2. The van der Waals surface area contributed by atoms with Crippen molar-refractivity contribution in [1.82, 2.24) is 40.5 Å². The zero-order valence-corrected chi connectivity index (χ0v) is 29.5. The van der Waals surface area contributed by atoms with Crippen LogP contribution in [-0.2, 0) is 6.54 Å². The molecule has 2 atom stereocenters. The molecule has 0 aliphatic carbocycles. The summed E-state index contributed by atoms with van der Waals surface area (Å²) >= 11 is 0. The quantitative estimate of drug-likeness (QED) is 0.139. The van der Waals surface area contributed by atoms with Gasteiger partial charge in [0.25, 0.3) is 11.8 Å². The number of nitrogens with one attached hydrogen (secondary N) is 3. The van der Waals surface area contributed by atoms with E-state index < -0.39 is 0 Å². The fourth-order valence-electron chi connectivity index (χ4n) is 7.25. The lowest BCUT2D eigenvalue weighted by Gasteiger charge is -2.42. The van der Waals surface area contributed by atoms with Crippen molar-refractivity contribution in [3.63, 3.8) is 0 Å². The van der Waals surface area contributed by atoms with Crippen molar-refractivity contribution in [2.75, 3.05) is 13.1 Å². The first-order chi connectivity index (χ1) is 25.3. The highest BCUT2D eigenvalue weighted by Crippen LogP contribution is 2.41. The molecule has 6 aromatic rings. The Morgan fingerprint density at radius 1 is 0.808 bits per heavy atom. The van der Waals surface area contributed by atoms with E-state index >= 15 is 0 Å². The first-order valence-electron chi connectivity index (χ1n) is 17.6. The Hall–Kier alpha value is -5.81. The van der Waals surface area contributed by atoms with Gasteiger partial charge in [0.2, 0.25) is 0 Å². The third-order valence-electron chi connectivity index (χ3n) is 9.97. The summed E-state index contributed by atoms with van der Waals surface area (Å²) in [6.45, 7) is 7.58. The minimum absolute atomic E-state index is 0.116. The van der Waals surface area contributed by atoms with Crippen LogP contribution in [0.4, 0.5) is 4.39 Å². The normalized spacial score (nSPS) is 16.2. The van der Waals surface area contributed by atoms with Gasteiger partial charge >= 0.3 is 0 Å². The van der Waals surface area contributed by atoms with Gasteiger partial charge in [0.05, 0.1) is 29.2 Å². The Kier molecular flexibility index (Phi) is 10.1. The molecule has 1 aliphatic rings. The molecule has 0 bridgehead atoms. The third-order valence-corrected chi connectivity index (χ3v) is 9.97. The van der Waals surface area contributed by atoms with Gasteiger partial charge in [0.1, 0.15) is 23.5 Å². The number of halogens is 1. The SMILES string of the molecule is Cc1cc(-c2ncnc3[nH]c(C(=O)NCCN4[C@@H](c5ncccc5C)CCC[C@H]4c4ncccc4C)cc23)ccc1CNC(=O)c1ccc(F)cc1. The van der Waals surface area contributed by atoms with Gasteiger partial charge in [0.15, 0.2) is 0 Å². The van der Waals surface area contributed by atoms with Crippen LogP contribution < -0.4 is 10.6 Å². The maximum Gasteiger partial charge on any atom is 0.267 e. The molecule has 1 aliphatic heterocycles. The smallest absolute Gasteiger partial charge is 0.267 e. The average molecular weight is 697 g/mol. The highest BCUT2D eigenvalue weighted by Gasteiger charge is 2.35. The number of amides is 2. The molecule has 0 radical (unpaired) electrons. The Bertz CT molecular complexity index is 2180. The lowest BCUT2D eigenvalue weighted by Crippen LogP contribution is -2.42. The van der Waals surface area contributed by atoms with E-state index in [1.54, 1.807) is 6.07 Å². The van der Waals surface area contributed by atoms with E-state index in [1.807, 2.05) is 49.6 Å². The number of pyridine rings is 2. The molecule has 11 heteroatoms. The van der Waals surface area contributed by atoms with Crippen LogP contribution in [-0.4, -0.2) is 54.7 Å². The molecule has 0 unspecified atom stereocenters. The van der Waals surface area contributed by atoms with Crippen molar-refractivity contribution in [3.8, 4) is 11.3 Å². The number of benzene rings is 2. The molecule has 264 valence electrons. The number of nitrogens with zero attached hydrogens (tertiary/aromatic N) is 5. The summed E-state index contributed by atoms with van der Waals surface area (Å²) in [6.07, 6.45) is 8.25. The second-order valence-corrected chi connectivity index (χ2v) is 13.4. The van der Waals surface area contributed by atoms with Gasteiger partial charge in [-0.15, -0.1) is 0 Å². The zero-order chi connectivity index (χ0) is 36.2. The van der Waals surface area contributed by atoms with Crippen LogP contribution >= 0.6 is 0 Å². The van der Waals surface area contributed by atoms with E-state index in [4.69, 9.17) is 9.97 Å². The number of H-pyrrole nitrogens is 1. The van der Waals surface area contributed by atoms with Gasteiger partial charge in [-0.25, -0.2) is 14.4 Å². The largest absolute Gasteiger partial charge is 0.349 e.